The van der Waals surface area contributed by atoms with Gasteiger partial charge in [-0.05, 0) is 46.7 Å². The monoisotopic (exact) mass is 350 g/mol. The number of hydrogen-bond donors (Lipinski definition) is 0. The molecule has 0 aliphatic carbocycles. The Labute approximate surface area is 118 Å². The minimum Gasteiger partial charge on any atom is -0.134 e. The van der Waals surface area contributed by atoms with Crippen LogP contribution in [-0.4, -0.2) is 0 Å². The van der Waals surface area contributed by atoms with Gasteiger partial charge in [0.15, 0.2) is 0 Å². The Morgan fingerprint density at radius 2 is 1.65 bits per heavy atom. The van der Waals surface area contributed by atoms with Crippen LogP contribution in [0.1, 0.15) is 5.56 Å². The van der Waals surface area contributed by atoms with Crippen molar-refractivity contribution in [1.29, 1.82) is 0 Å². The summed E-state index contributed by atoms with van der Waals surface area (Å²) in [5, 5.41) is 1.37. The highest BCUT2D eigenvalue weighted by Gasteiger charge is 2.12. The molecule has 0 unspecified atom stereocenters. The van der Waals surface area contributed by atoms with Crippen molar-refractivity contribution in [2.75, 3.05) is 0 Å². The Morgan fingerprint density at radius 1 is 0.941 bits per heavy atom. The molecule has 2 heteroatoms. The second-order valence-corrected chi connectivity index (χ2v) is 6.19. The number of hydrogen-bond acceptors (Lipinski definition) is 1. The Bertz CT molecular complexity index is 682. The van der Waals surface area contributed by atoms with Crippen LogP contribution in [0.4, 0.5) is 0 Å². The third kappa shape index (κ3) is 1.89. The number of fused-ring (bicyclic) bond motifs is 1. The zero-order valence-corrected chi connectivity index (χ0v) is 12.4. The largest absolute Gasteiger partial charge is 0.134 e. The maximum atomic E-state index is 2.46. The lowest BCUT2D eigenvalue weighted by Crippen LogP contribution is -1.80. The zero-order chi connectivity index (χ0) is 11.8. The maximum Gasteiger partial charge on any atom is 0.0491 e. The van der Waals surface area contributed by atoms with Gasteiger partial charge in [-0.1, -0.05) is 42.5 Å². The third-order valence-electron chi connectivity index (χ3n) is 2.92. The van der Waals surface area contributed by atoms with Crippen molar-refractivity contribution in [3.63, 3.8) is 0 Å². The molecule has 0 spiro atoms. The van der Waals surface area contributed by atoms with Crippen LogP contribution in [0.2, 0.25) is 0 Å². The summed E-state index contributed by atoms with van der Waals surface area (Å²) in [6, 6.07) is 17.2. The minimum absolute atomic E-state index is 1.34. The van der Waals surface area contributed by atoms with Crippen LogP contribution in [-0.2, 0) is 0 Å². The molecule has 0 atom stereocenters. The Kier molecular flexibility index (Phi) is 2.92. The summed E-state index contributed by atoms with van der Waals surface area (Å²) in [4.78, 5) is 1.39. The highest BCUT2D eigenvalue weighted by molar-refractivity contribution is 14.1. The SMILES string of the molecule is Cc1ccccc1-c1sc2ccccc2c1I. The van der Waals surface area contributed by atoms with E-state index < -0.39 is 0 Å². The van der Waals surface area contributed by atoms with Crippen LogP contribution in [0.25, 0.3) is 20.5 Å². The first kappa shape index (κ1) is 11.2. The van der Waals surface area contributed by atoms with Crippen LogP contribution in [0.15, 0.2) is 48.5 Å². The van der Waals surface area contributed by atoms with Gasteiger partial charge in [0.25, 0.3) is 0 Å². The average molecular weight is 350 g/mol. The molecule has 1 heterocycles. The number of aryl methyl sites for hydroxylation is 1. The fourth-order valence-electron chi connectivity index (χ4n) is 2.01. The van der Waals surface area contributed by atoms with Gasteiger partial charge in [0.1, 0.15) is 0 Å². The van der Waals surface area contributed by atoms with Crippen LogP contribution in [0.5, 0.6) is 0 Å². The van der Waals surface area contributed by atoms with Gasteiger partial charge in [-0.2, -0.15) is 0 Å². The molecule has 1 aromatic heterocycles. The van der Waals surface area contributed by atoms with E-state index in [0.717, 1.165) is 0 Å². The van der Waals surface area contributed by atoms with Gasteiger partial charge < -0.3 is 0 Å². The Morgan fingerprint density at radius 3 is 2.41 bits per heavy atom. The molecule has 0 N–H and O–H groups in total. The smallest absolute Gasteiger partial charge is 0.0491 e. The first-order valence-electron chi connectivity index (χ1n) is 5.50. The molecular formula is C15H11IS. The van der Waals surface area contributed by atoms with E-state index in [4.69, 9.17) is 0 Å². The van der Waals surface area contributed by atoms with Gasteiger partial charge in [0.2, 0.25) is 0 Å². The molecule has 0 nitrogen and oxygen atoms in total. The average Bonchev–Trinajstić information content (AvgIpc) is 2.68. The van der Waals surface area contributed by atoms with Crippen molar-refractivity contribution < 1.29 is 0 Å². The van der Waals surface area contributed by atoms with E-state index in [0.29, 0.717) is 0 Å². The van der Waals surface area contributed by atoms with Crippen LogP contribution < -0.4 is 0 Å². The quantitative estimate of drug-likeness (QED) is 0.510. The summed E-state index contributed by atoms with van der Waals surface area (Å²) < 4.78 is 2.74. The fourth-order valence-corrected chi connectivity index (χ4v) is 4.47. The van der Waals surface area contributed by atoms with Crippen molar-refractivity contribution >= 4 is 44.0 Å². The molecule has 0 aliphatic rings. The van der Waals surface area contributed by atoms with Gasteiger partial charge in [-0.25, -0.2) is 0 Å². The topological polar surface area (TPSA) is 0 Å². The molecule has 3 aromatic rings. The summed E-state index contributed by atoms with van der Waals surface area (Å²) in [5.74, 6) is 0. The van der Waals surface area contributed by atoms with Gasteiger partial charge in [-0.15, -0.1) is 11.3 Å². The first-order valence-corrected chi connectivity index (χ1v) is 7.40. The number of benzene rings is 2. The molecule has 17 heavy (non-hydrogen) atoms. The summed E-state index contributed by atoms with van der Waals surface area (Å²) in [7, 11) is 0. The van der Waals surface area contributed by atoms with Crippen LogP contribution in [0.3, 0.4) is 0 Å². The molecule has 0 saturated heterocycles. The number of rotatable bonds is 1. The summed E-state index contributed by atoms with van der Waals surface area (Å²) >= 11 is 4.35. The standard InChI is InChI=1S/C15H11IS/c1-10-6-2-3-7-11(10)15-14(16)12-8-4-5-9-13(12)17-15/h2-9H,1H3. The van der Waals surface area contributed by atoms with E-state index in [1.54, 1.807) is 0 Å². The van der Waals surface area contributed by atoms with Crippen molar-refractivity contribution in [2.45, 2.75) is 6.92 Å². The predicted octanol–water partition coefficient (Wildman–Crippen LogP) is 5.48. The lowest BCUT2D eigenvalue weighted by Gasteiger charge is -2.03. The molecule has 0 fully saturated rings. The zero-order valence-electron chi connectivity index (χ0n) is 9.41. The van der Waals surface area contributed by atoms with Gasteiger partial charge >= 0.3 is 0 Å². The highest BCUT2D eigenvalue weighted by atomic mass is 127. The lowest BCUT2D eigenvalue weighted by molar-refractivity contribution is 1.47. The fraction of sp³-hybridized carbons (Fsp3) is 0.0667. The summed E-state index contributed by atoms with van der Waals surface area (Å²) in [5.41, 5.74) is 2.70. The van der Waals surface area contributed by atoms with Gasteiger partial charge in [0, 0.05) is 18.5 Å². The molecule has 0 radical (unpaired) electrons. The summed E-state index contributed by atoms with van der Waals surface area (Å²) in [6.45, 7) is 2.18. The second-order valence-electron chi connectivity index (χ2n) is 4.06. The van der Waals surface area contributed by atoms with E-state index in [-0.39, 0.29) is 0 Å². The van der Waals surface area contributed by atoms with E-state index >= 15 is 0 Å². The normalized spacial score (nSPS) is 10.9. The molecule has 0 saturated carbocycles. The third-order valence-corrected chi connectivity index (χ3v) is 5.62. The lowest BCUT2D eigenvalue weighted by atomic mass is 10.1. The van der Waals surface area contributed by atoms with Gasteiger partial charge in [-0.3, -0.25) is 0 Å². The Hall–Kier alpha value is -0.870. The van der Waals surface area contributed by atoms with Crippen molar-refractivity contribution in [3.05, 3.63) is 57.7 Å². The predicted molar refractivity (Wildman–Crippen MR) is 84.7 cm³/mol. The van der Waals surface area contributed by atoms with Crippen molar-refractivity contribution in [2.24, 2.45) is 0 Å². The van der Waals surface area contributed by atoms with Crippen molar-refractivity contribution in [1.82, 2.24) is 0 Å². The molecule has 0 aliphatic heterocycles. The van der Waals surface area contributed by atoms with Crippen molar-refractivity contribution in [3.8, 4) is 10.4 Å². The molecule has 84 valence electrons. The molecular weight excluding hydrogens is 339 g/mol. The Balaban J connectivity index is 2.32. The molecule has 0 amide bonds. The molecule has 2 aromatic carbocycles. The molecule has 3 rings (SSSR count). The van der Waals surface area contributed by atoms with Crippen LogP contribution >= 0.6 is 33.9 Å². The highest BCUT2D eigenvalue weighted by Crippen LogP contribution is 2.40. The van der Waals surface area contributed by atoms with E-state index in [1.807, 2.05) is 11.3 Å². The van der Waals surface area contributed by atoms with E-state index in [9.17, 15) is 0 Å². The second kappa shape index (κ2) is 4.42. The number of thiophene rings is 1. The first-order chi connectivity index (χ1) is 8.27. The summed E-state index contributed by atoms with van der Waals surface area (Å²) in [6.07, 6.45) is 0. The molecule has 0 bridgehead atoms. The van der Waals surface area contributed by atoms with Crippen LogP contribution in [0, 0.1) is 10.5 Å². The van der Waals surface area contributed by atoms with Gasteiger partial charge in [0.05, 0.1) is 0 Å². The maximum absolute atomic E-state index is 2.46. The number of halogens is 1. The minimum atomic E-state index is 1.34. The van der Waals surface area contributed by atoms with E-state index in [1.165, 1.54) is 29.7 Å². The van der Waals surface area contributed by atoms with E-state index in [2.05, 4.69) is 78.0 Å².